The lowest BCUT2D eigenvalue weighted by atomic mass is 10.0. The van der Waals surface area contributed by atoms with E-state index in [1.807, 2.05) is 0 Å². The van der Waals surface area contributed by atoms with Gasteiger partial charge in [0.05, 0.1) is 66.2 Å². The molecule has 6 heterocycles. The van der Waals surface area contributed by atoms with Crippen molar-refractivity contribution in [1.82, 2.24) is 27.4 Å². The second kappa shape index (κ2) is 23.5. The summed E-state index contributed by atoms with van der Waals surface area (Å²) in [5.41, 5.74) is 28.9. The lowest BCUT2D eigenvalue weighted by Gasteiger charge is -2.12. The van der Waals surface area contributed by atoms with Gasteiger partial charge in [-0.25, -0.2) is 0 Å². The van der Waals surface area contributed by atoms with Crippen LogP contribution in [0.15, 0.2) is 364 Å². The fourth-order valence-corrected chi connectivity index (χ4v) is 17.1. The molecule has 0 unspecified atom stereocenters. The van der Waals surface area contributed by atoms with Crippen molar-refractivity contribution >= 4 is 131 Å². The van der Waals surface area contributed by atoms with Gasteiger partial charge in [0.2, 0.25) is 0 Å². The van der Waals surface area contributed by atoms with E-state index in [4.69, 9.17) is 0 Å². The van der Waals surface area contributed by atoms with Gasteiger partial charge in [-0.2, -0.15) is 0 Å². The molecule has 0 atom stereocenters. The molecule has 22 rings (SSSR count). The van der Waals surface area contributed by atoms with Gasteiger partial charge in [-0.1, -0.05) is 200 Å². The Bertz CT molecular complexity index is 7120. The standard InChI is InChI=1S/2C49H33N3/c1-32-11-10-12-37(29-32)52-47-20-9-5-16-41(47)43-31-34(22-28-49(43)52)33-21-27-48-42(30-33)40-15-4-8-19-46(40)51(48)36-25-23-35(24-26-36)50-44-17-6-2-13-38(44)39-14-3-7-18-45(39)50;1-32-18-22-35(23-19-32)51-46-16-8-4-12-40(46)42-30-33(20-28-48(42)51)34-21-29-49-43(31-34)41-13-5-9-17-47(41)52(49)37-26-24-36(25-27-37)50-44-14-6-2-10-38(44)39-11-3-7-15-45(39)50/h2*2-31H,1H3. The lowest BCUT2D eigenvalue weighted by molar-refractivity contribution is 1.14. The molecular formula is C98H66N6. The van der Waals surface area contributed by atoms with Crippen molar-refractivity contribution in [3.05, 3.63) is 375 Å². The molecule has 6 heteroatoms. The molecule has 0 saturated carbocycles. The topological polar surface area (TPSA) is 29.6 Å². The zero-order valence-electron chi connectivity index (χ0n) is 57.3. The highest BCUT2D eigenvalue weighted by molar-refractivity contribution is 6.16. The Hall–Kier alpha value is -13.7. The number of rotatable bonds is 8. The Morgan fingerprint density at radius 3 is 0.577 bits per heavy atom. The summed E-state index contributed by atoms with van der Waals surface area (Å²) in [4.78, 5) is 0. The number of benzene rings is 16. The molecule has 488 valence electrons. The first kappa shape index (κ1) is 59.2. The number of fused-ring (bicyclic) bond motifs is 18. The number of para-hydroxylation sites is 8. The Morgan fingerprint density at radius 1 is 0.135 bits per heavy atom. The molecule has 0 fully saturated rings. The first-order valence-corrected chi connectivity index (χ1v) is 35.9. The maximum atomic E-state index is 2.41. The third-order valence-electron chi connectivity index (χ3n) is 21.8. The zero-order chi connectivity index (χ0) is 68.7. The van der Waals surface area contributed by atoms with E-state index in [1.165, 1.54) is 176 Å². The third-order valence-corrected chi connectivity index (χ3v) is 21.8. The second-order valence-electron chi connectivity index (χ2n) is 27.8. The number of hydrogen-bond donors (Lipinski definition) is 0. The van der Waals surface area contributed by atoms with E-state index < -0.39 is 0 Å². The normalized spacial score (nSPS) is 11.9. The van der Waals surface area contributed by atoms with Gasteiger partial charge in [-0.05, 0) is 212 Å². The number of aryl methyl sites for hydroxylation is 2. The summed E-state index contributed by atoms with van der Waals surface area (Å²) >= 11 is 0. The van der Waals surface area contributed by atoms with E-state index in [9.17, 15) is 0 Å². The fourth-order valence-electron chi connectivity index (χ4n) is 17.1. The van der Waals surface area contributed by atoms with Gasteiger partial charge in [-0.3, -0.25) is 0 Å². The minimum atomic E-state index is 1.15. The Labute approximate surface area is 599 Å². The summed E-state index contributed by atoms with van der Waals surface area (Å²) < 4.78 is 14.3. The molecule has 0 radical (unpaired) electrons. The Balaban J connectivity index is 0.000000134. The van der Waals surface area contributed by atoms with E-state index >= 15 is 0 Å². The fraction of sp³-hybridized carbons (Fsp3) is 0.0204. The van der Waals surface area contributed by atoms with Crippen LogP contribution in [0, 0.1) is 13.8 Å². The second-order valence-corrected chi connectivity index (χ2v) is 27.8. The molecule has 0 aliphatic rings. The van der Waals surface area contributed by atoms with Crippen LogP contribution >= 0.6 is 0 Å². The highest BCUT2D eigenvalue weighted by Crippen LogP contribution is 2.43. The first-order valence-electron chi connectivity index (χ1n) is 35.9. The molecule has 22 aromatic rings. The molecule has 0 aliphatic carbocycles. The average Bonchev–Trinajstić information content (AvgIpc) is 1.60. The van der Waals surface area contributed by atoms with Crippen LogP contribution in [0.2, 0.25) is 0 Å². The molecular weight excluding hydrogens is 1260 g/mol. The summed E-state index contributed by atoms with van der Waals surface area (Å²) in [6.07, 6.45) is 0. The van der Waals surface area contributed by atoms with Crippen molar-refractivity contribution in [2.75, 3.05) is 0 Å². The molecule has 104 heavy (non-hydrogen) atoms. The van der Waals surface area contributed by atoms with Crippen LogP contribution in [-0.4, -0.2) is 27.4 Å². The minimum absolute atomic E-state index is 1.15. The summed E-state index contributed by atoms with van der Waals surface area (Å²) in [6, 6.07) is 133. The highest BCUT2D eigenvalue weighted by Gasteiger charge is 2.21. The summed E-state index contributed by atoms with van der Waals surface area (Å²) in [5.74, 6) is 0. The maximum absolute atomic E-state index is 2.41. The van der Waals surface area contributed by atoms with Crippen molar-refractivity contribution in [3.63, 3.8) is 0 Å². The molecule has 0 bridgehead atoms. The van der Waals surface area contributed by atoms with Gasteiger partial charge in [0.25, 0.3) is 0 Å². The molecule has 6 nitrogen and oxygen atoms in total. The summed E-state index contributed by atoms with van der Waals surface area (Å²) in [7, 11) is 0. The van der Waals surface area contributed by atoms with Gasteiger partial charge in [0.1, 0.15) is 0 Å². The largest absolute Gasteiger partial charge is 0.309 e. The zero-order valence-corrected chi connectivity index (χ0v) is 57.3. The molecule has 0 N–H and O–H groups in total. The van der Waals surface area contributed by atoms with Crippen molar-refractivity contribution in [3.8, 4) is 56.4 Å². The smallest absolute Gasteiger partial charge is 0.0541 e. The Morgan fingerprint density at radius 2 is 0.337 bits per heavy atom. The van der Waals surface area contributed by atoms with Crippen LogP contribution in [0.3, 0.4) is 0 Å². The van der Waals surface area contributed by atoms with Gasteiger partial charge in [-0.15, -0.1) is 0 Å². The van der Waals surface area contributed by atoms with Crippen molar-refractivity contribution in [2.24, 2.45) is 0 Å². The van der Waals surface area contributed by atoms with E-state index in [0.29, 0.717) is 0 Å². The van der Waals surface area contributed by atoms with E-state index in [-0.39, 0.29) is 0 Å². The van der Waals surface area contributed by atoms with Crippen LogP contribution in [-0.2, 0) is 0 Å². The summed E-state index contributed by atoms with van der Waals surface area (Å²) in [6.45, 7) is 4.30. The summed E-state index contributed by atoms with van der Waals surface area (Å²) in [5, 5.41) is 15.2. The minimum Gasteiger partial charge on any atom is -0.309 e. The first-order chi connectivity index (χ1) is 51.4. The van der Waals surface area contributed by atoms with E-state index in [2.05, 4.69) is 405 Å². The van der Waals surface area contributed by atoms with Crippen LogP contribution < -0.4 is 0 Å². The molecule has 16 aromatic carbocycles. The third kappa shape index (κ3) is 9.22. The van der Waals surface area contributed by atoms with Gasteiger partial charge >= 0.3 is 0 Å². The molecule has 0 saturated heterocycles. The molecule has 6 aromatic heterocycles. The maximum Gasteiger partial charge on any atom is 0.0541 e. The SMILES string of the molecule is Cc1ccc(-n2c3ccccc3c3cc(-c4ccc5c(c4)c4ccccc4n5-c4ccc(-n5c6ccccc6c6ccccc65)cc4)ccc32)cc1.Cc1cccc(-n2c3ccccc3c3cc(-c4ccc5c(c4)c4ccccc4n5-c4ccc(-n5c6ccccc6c6ccccc65)cc4)ccc32)c1. The average molecular weight is 1330 g/mol. The van der Waals surface area contributed by atoms with Crippen LogP contribution in [0.1, 0.15) is 11.1 Å². The predicted octanol–water partition coefficient (Wildman–Crippen LogP) is 25.9. The molecule has 0 amide bonds. The number of aromatic nitrogens is 6. The molecule has 0 spiro atoms. The van der Waals surface area contributed by atoms with Crippen molar-refractivity contribution < 1.29 is 0 Å². The van der Waals surface area contributed by atoms with E-state index in [0.717, 1.165) is 22.7 Å². The van der Waals surface area contributed by atoms with Crippen LogP contribution in [0.4, 0.5) is 0 Å². The Kier molecular flexibility index (Phi) is 13.4. The van der Waals surface area contributed by atoms with Gasteiger partial charge < -0.3 is 27.4 Å². The monoisotopic (exact) mass is 1330 g/mol. The number of nitrogens with zero attached hydrogens (tertiary/aromatic N) is 6. The highest BCUT2D eigenvalue weighted by atomic mass is 15.0. The van der Waals surface area contributed by atoms with Crippen LogP contribution in [0.25, 0.3) is 187 Å². The quantitative estimate of drug-likeness (QED) is 0.145. The predicted molar refractivity (Wildman–Crippen MR) is 439 cm³/mol. The van der Waals surface area contributed by atoms with Crippen molar-refractivity contribution in [2.45, 2.75) is 13.8 Å². The van der Waals surface area contributed by atoms with Crippen LogP contribution in [0.5, 0.6) is 0 Å². The van der Waals surface area contributed by atoms with Gasteiger partial charge in [0.15, 0.2) is 0 Å². The number of hydrogen-bond acceptors (Lipinski definition) is 0. The lowest BCUT2D eigenvalue weighted by Crippen LogP contribution is -1.97. The van der Waals surface area contributed by atoms with E-state index in [1.54, 1.807) is 0 Å². The van der Waals surface area contributed by atoms with Crippen molar-refractivity contribution in [1.29, 1.82) is 0 Å². The molecule has 0 aliphatic heterocycles. The van der Waals surface area contributed by atoms with Gasteiger partial charge in [0, 0.05) is 98.8 Å².